The average Bonchev–Trinajstić information content (AvgIpc) is 3.07. The lowest BCUT2D eigenvalue weighted by atomic mass is 10.3. The van der Waals surface area contributed by atoms with Crippen LogP contribution in [0.5, 0.6) is 0 Å². The third kappa shape index (κ3) is 3.05. The van der Waals surface area contributed by atoms with Crippen LogP contribution < -0.4 is 0 Å². The lowest BCUT2D eigenvalue weighted by molar-refractivity contribution is -0.121. The number of thiophene rings is 1. The Hall–Kier alpha value is -1.56. The number of likely N-dealkylation sites (N-methyl/N-ethyl adjacent to an activating group) is 1. The van der Waals surface area contributed by atoms with Gasteiger partial charge in [0, 0.05) is 11.9 Å². The van der Waals surface area contributed by atoms with Gasteiger partial charge in [0.25, 0.3) is 5.91 Å². The number of hydrogen-bond donors (Lipinski definition) is 0. The van der Waals surface area contributed by atoms with Crippen LogP contribution in [0, 0.1) is 0 Å². The quantitative estimate of drug-likeness (QED) is 0.750. The Morgan fingerprint density at radius 2 is 2.05 bits per heavy atom. The van der Waals surface area contributed by atoms with Crippen molar-refractivity contribution in [1.82, 2.24) is 4.90 Å². The summed E-state index contributed by atoms with van der Waals surface area (Å²) in [6.45, 7) is 0. The highest BCUT2D eigenvalue weighted by molar-refractivity contribution is 8.18. The van der Waals surface area contributed by atoms with Crippen LogP contribution >= 0.6 is 34.7 Å². The Labute approximate surface area is 136 Å². The largest absolute Gasteiger partial charge is 0.290 e. The van der Waals surface area contributed by atoms with Gasteiger partial charge in [0.2, 0.25) is 0 Å². The van der Waals surface area contributed by atoms with Crippen LogP contribution in [0.15, 0.2) is 51.7 Å². The van der Waals surface area contributed by atoms with Crippen LogP contribution in [-0.2, 0) is 4.79 Å². The molecule has 1 saturated heterocycles. The van der Waals surface area contributed by atoms with E-state index in [1.165, 1.54) is 11.8 Å². The van der Waals surface area contributed by atoms with Crippen molar-refractivity contribution in [2.45, 2.75) is 0 Å². The molecule has 6 heteroatoms. The van der Waals surface area contributed by atoms with Gasteiger partial charge in [-0.3, -0.25) is 9.69 Å². The maximum atomic E-state index is 12.2. The van der Waals surface area contributed by atoms with Gasteiger partial charge in [-0.1, -0.05) is 29.8 Å². The molecule has 0 N–H and O–H groups in total. The molecule has 3 nitrogen and oxygen atoms in total. The van der Waals surface area contributed by atoms with Crippen LogP contribution in [0.4, 0.5) is 5.69 Å². The zero-order chi connectivity index (χ0) is 14.8. The molecule has 0 aliphatic carbocycles. The molecule has 0 radical (unpaired) electrons. The van der Waals surface area contributed by atoms with Crippen LogP contribution in [0.3, 0.4) is 0 Å². The molecule has 1 aliphatic heterocycles. The highest BCUT2D eigenvalue weighted by Gasteiger charge is 2.30. The Kier molecular flexibility index (Phi) is 4.14. The topological polar surface area (TPSA) is 32.7 Å². The summed E-state index contributed by atoms with van der Waals surface area (Å²) in [6, 6.07) is 11.3. The first-order chi connectivity index (χ1) is 10.1. The molecule has 0 saturated carbocycles. The monoisotopic (exact) mass is 334 g/mol. The van der Waals surface area contributed by atoms with E-state index in [-0.39, 0.29) is 5.91 Å². The summed E-state index contributed by atoms with van der Waals surface area (Å²) in [5.74, 6) is -0.0424. The number of thioether (sulfide) groups is 1. The molecule has 2 heterocycles. The highest BCUT2D eigenvalue weighted by atomic mass is 35.5. The Morgan fingerprint density at radius 1 is 1.24 bits per heavy atom. The molecule has 106 valence electrons. The standard InChI is InChI=1S/C15H11ClN2OS2/c1-18-14(19)13(9-10-5-4-8-20-10)21-15(18)17-12-7-3-2-6-11(12)16/h2-9H,1H3/b13-9+,17-15?. The second kappa shape index (κ2) is 6.05. The van der Waals surface area contributed by atoms with E-state index in [2.05, 4.69) is 4.99 Å². The fourth-order valence-corrected chi connectivity index (χ4v) is 3.68. The minimum absolute atomic E-state index is 0.0424. The van der Waals surface area contributed by atoms with Crippen molar-refractivity contribution in [3.05, 3.63) is 56.6 Å². The summed E-state index contributed by atoms with van der Waals surface area (Å²) in [5, 5.41) is 3.19. The maximum Gasteiger partial charge on any atom is 0.266 e. The molecule has 0 atom stereocenters. The normalized spacial score (nSPS) is 19.0. The number of aliphatic imine (C=N–C) groups is 1. The number of rotatable bonds is 2. The van der Waals surface area contributed by atoms with Crippen molar-refractivity contribution >= 4 is 57.5 Å². The summed E-state index contributed by atoms with van der Waals surface area (Å²) < 4.78 is 0. The number of nitrogens with zero attached hydrogens (tertiary/aromatic N) is 2. The van der Waals surface area contributed by atoms with Crippen molar-refractivity contribution in [3.8, 4) is 0 Å². The Balaban J connectivity index is 1.92. The molecule has 1 aromatic heterocycles. The van der Waals surface area contributed by atoms with E-state index in [0.29, 0.717) is 20.8 Å². The predicted octanol–water partition coefficient (Wildman–Crippen LogP) is 4.64. The van der Waals surface area contributed by atoms with Crippen LogP contribution in [0.2, 0.25) is 5.02 Å². The lowest BCUT2D eigenvalue weighted by Crippen LogP contribution is -2.23. The highest BCUT2D eigenvalue weighted by Crippen LogP contribution is 2.35. The number of halogens is 1. The molecular weight excluding hydrogens is 324 g/mol. The van der Waals surface area contributed by atoms with Crippen molar-refractivity contribution in [2.75, 3.05) is 7.05 Å². The smallest absolute Gasteiger partial charge is 0.266 e. The molecule has 0 bridgehead atoms. The van der Waals surface area contributed by atoms with Crippen molar-refractivity contribution < 1.29 is 4.79 Å². The number of carbonyl (C=O) groups excluding carboxylic acids is 1. The molecular formula is C15H11ClN2OS2. The summed E-state index contributed by atoms with van der Waals surface area (Å²) in [6.07, 6.45) is 1.89. The summed E-state index contributed by atoms with van der Waals surface area (Å²) in [4.78, 5) is 20.0. The average molecular weight is 335 g/mol. The third-order valence-electron chi connectivity index (χ3n) is 2.89. The Morgan fingerprint density at radius 3 is 2.76 bits per heavy atom. The number of amidine groups is 1. The molecule has 3 rings (SSSR count). The van der Waals surface area contributed by atoms with Crippen molar-refractivity contribution in [3.63, 3.8) is 0 Å². The predicted molar refractivity (Wildman–Crippen MR) is 91.2 cm³/mol. The van der Waals surface area contributed by atoms with Gasteiger partial charge in [0.05, 0.1) is 15.6 Å². The van der Waals surface area contributed by atoms with Gasteiger partial charge in [-0.15, -0.1) is 11.3 Å². The van der Waals surface area contributed by atoms with E-state index < -0.39 is 0 Å². The van der Waals surface area contributed by atoms with Gasteiger partial charge in [-0.2, -0.15) is 0 Å². The first kappa shape index (κ1) is 14.4. The Bertz CT molecular complexity index is 738. The SMILES string of the molecule is CN1C(=O)/C(=C\c2cccs2)SC1=Nc1ccccc1Cl. The third-order valence-corrected chi connectivity index (χ3v) is 5.09. The van der Waals surface area contributed by atoms with E-state index >= 15 is 0 Å². The van der Waals surface area contributed by atoms with E-state index in [0.717, 1.165) is 4.88 Å². The van der Waals surface area contributed by atoms with Gasteiger partial charge in [-0.05, 0) is 41.4 Å². The second-order valence-electron chi connectivity index (χ2n) is 4.34. The first-order valence-electron chi connectivity index (χ1n) is 6.19. The summed E-state index contributed by atoms with van der Waals surface area (Å²) in [5.41, 5.74) is 0.665. The number of para-hydroxylation sites is 1. The van der Waals surface area contributed by atoms with Crippen molar-refractivity contribution in [2.24, 2.45) is 4.99 Å². The molecule has 0 unspecified atom stereocenters. The zero-order valence-electron chi connectivity index (χ0n) is 11.1. The summed E-state index contributed by atoms with van der Waals surface area (Å²) in [7, 11) is 1.72. The van der Waals surface area contributed by atoms with Gasteiger partial charge in [-0.25, -0.2) is 4.99 Å². The fraction of sp³-hybridized carbons (Fsp3) is 0.0667. The van der Waals surface area contributed by atoms with Crippen LogP contribution in [0.25, 0.3) is 6.08 Å². The van der Waals surface area contributed by atoms with Gasteiger partial charge >= 0.3 is 0 Å². The fourth-order valence-electron chi connectivity index (χ4n) is 1.80. The van der Waals surface area contributed by atoms with Crippen LogP contribution in [-0.4, -0.2) is 23.0 Å². The minimum Gasteiger partial charge on any atom is -0.290 e. The molecule has 0 spiro atoms. The first-order valence-corrected chi connectivity index (χ1v) is 8.27. The van der Waals surface area contributed by atoms with Gasteiger partial charge < -0.3 is 0 Å². The van der Waals surface area contributed by atoms with Gasteiger partial charge in [0.1, 0.15) is 0 Å². The van der Waals surface area contributed by atoms with Crippen LogP contribution in [0.1, 0.15) is 4.88 Å². The second-order valence-corrected chi connectivity index (χ2v) is 6.73. The van der Waals surface area contributed by atoms with E-state index in [9.17, 15) is 4.79 Å². The summed E-state index contributed by atoms with van der Waals surface area (Å²) >= 11 is 9.07. The molecule has 1 aliphatic rings. The van der Waals surface area contributed by atoms with Crippen molar-refractivity contribution in [1.29, 1.82) is 0 Å². The van der Waals surface area contributed by atoms with E-state index in [4.69, 9.17) is 11.6 Å². The molecule has 1 fully saturated rings. The molecule has 21 heavy (non-hydrogen) atoms. The minimum atomic E-state index is -0.0424. The molecule has 2 aromatic rings. The molecule has 1 aromatic carbocycles. The molecule has 1 amide bonds. The van der Waals surface area contributed by atoms with E-state index in [1.54, 1.807) is 29.4 Å². The lowest BCUT2D eigenvalue weighted by Gasteiger charge is -2.07. The zero-order valence-corrected chi connectivity index (χ0v) is 13.5. The maximum absolute atomic E-state index is 12.2. The number of benzene rings is 1. The van der Waals surface area contributed by atoms with Gasteiger partial charge in [0.15, 0.2) is 5.17 Å². The number of carbonyl (C=O) groups is 1. The number of amides is 1. The number of hydrogen-bond acceptors (Lipinski definition) is 4. The van der Waals surface area contributed by atoms with E-state index in [1.807, 2.05) is 41.8 Å².